The van der Waals surface area contributed by atoms with Gasteiger partial charge < -0.3 is 10.4 Å². The summed E-state index contributed by atoms with van der Waals surface area (Å²) in [5, 5.41) is 13.4. The molecule has 0 aliphatic carbocycles. The molecule has 6 heteroatoms. The van der Waals surface area contributed by atoms with Crippen LogP contribution in [-0.2, 0) is 10.8 Å². The van der Waals surface area contributed by atoms with Gasteiger partial charge in [-0.1, -0.05) is 36.2 Å². The molecule has 0 spiro atoms. The second-order valence-corrected chi connectivity index (χ2v) is 5.77. The highest BCUT2D eigenvalue weighted by Gasteiger charge is 2.16. The molecular weight excluding hydrogens is 281 g/mol. The van der Waals surface area contributed by atoms with Crippen LogP contribution < -0.4 is 5.32 Å². The molecule has 96 valence electrons. The fourth-order valence-corrected chi connectivity index (χ4v) is 3.45. The van der Waals surface area contributed by atoms with E-state index in [1.807, 2.05) is 6.92 Å². The molecule has 1 aromatic rings. The lowest BCUT2D eigenvalue weighted by Crippen LogP contribution is -2.30. The van der Waals surface area contributed by atoms with Crippen molar-refractivity contribution in [3.8, 4) is 0 Å². The highest BCUT2D eigenvalue weighted by molar-refractivity contribution is 7.85. The molecule has 0 bridgehead atoms. The van der Waals surface area contributed by atoms with Crippen LogP contribution in [0.5, 0.6) is 0 Å². The van der Waals surface area contributed by atoms with Crippen LogP contribution in [0.2, 0.25) is 10.0 Å². The summed E-state index contributed by atoms with van der Waals surface area (Å²) < 4.78 is 12.0. The number of halogens is 2. The van der Waals surface area contributed by atoms with Crippen molar-refractivity contribution in [2.75, 3.05) is 18.8 Å². The van der Waals surface area contributed by atoms with Gasteiger partial charge in [0.1, 0.15) is 0 Å². The summed E-state index contributed by atoms with van der Waals surface area (Å²) in [5.41, 5.74) is 0. The van der Waals surface area contributed by atoms with Gasteiger partial charge in [-0.25, -0.2) is 0 Å². The normalized spacial score (nSPS) is 14.6. The SMILES string of the molecule is CCNCC(O)CS(=O)c1c(Cl)cccc1Cl. The van der Waals surface area contributed by atoms with Crippen LogP contribution in [-0.4, -0.2) is 34.3 Å². The summed E-state index contributed by atoms with van der Waals surface area (Å²) in [7, 11) is -1.39. The Labute approximate surface area is 114 Å². The van der Waals surface area contributed by atoms with Crippen molar-refractivity contribution < 1.29 is 9.32 Å². The fourth-order valence-electron chi connectivity index (χ4n) is 1.33. The number of benzene rings is 1. The minimum Gasteiger partial charge on any atom is -0.391 e. The lowest BCUT2D eigenvalue weighted by molar-refractivity contribution is 0.195. The van der Waals surface area contributed by atoms with Gasteiger partial charge in [0, 0.05) is 6.54 Å². The minimum atomic E-state index is -1.39. The van der Waals surface area contributed by atoms with E-state index in [1.165, 1.54) is 0 Å². The van der Waals surface area contributed by atoms with Gasteiger partial charge in [0.05, 0.1) is 37.6 Å². The van der Waals surface area contributed by atoms with Gasteiger partial charge in [-0.05, 0) is 18.7 Å². The van der Waals surface area contributed by atoms with E-state index in [1.54, 1.807) is 18.2 Å². The van der Waals surface area contributed by atoms with Crippen molar-refractivity contribution in [2.24, 2.45) is 0 Å². The van der Waals surface area contributed by atoms with E-state index < -0.39 is 16.9 Å². The average Bonchev–Trinajstić information content (AvgIpc) is 2.26. The number of aliphatic hydroxyl groups excluding tert-OH is 1. The topological polar surface area (TPSA) is 49.3 Å². The third-order valence-corrected chi connectivity index (χ3v) is 4.56. The molecule has 17 heavy (non-hydrogen) atoms. The first-order valence-electron chi connectivity index (χ1n) is 5.27. The number of nitrogens with one attached hydrogen (secondary N) is 1. The summed E-state index contributed by atoms with van der Waals surface area (Å²) in [5.74, 6) is 0.121. The highest BCUT2D eigenvalue weighted by atomic mass is 35.5. The summed E-state index contributed by atoms with van der Waals surface area (Å²) in [6.45, 7) is 3.11. The Balaban J connectivity index is 2.70. The van der Waals surface area contributed by atoms with E-state index in [9.17, 15) is 9.32 Å². The zero-order chi connectivity index (χ0) is 12.8. The van der Waals surface area contributed by atoms with Crippen molar-refractivity contribution in [3.63, 3.8) is 0 Å². The third kappa shape index (κ3) is 4.56. The van der Waals surface area contributed by atoms with Gasteiger partial charge in [0.25, 0.3) is 0 Å². The number of rotatable bonds is 6. The van der Waals surface area contributed by atoms with Crippen molar-refractivity contribution in [1.29, 1.82) is 0 Å². The molecule has 0 saturated heterocycles. The van der Waals surface area contributed by atoms with Gasteiger partial charge >= 0.3 is 0 Å². The first-order valence-corrected chi connectivity index (χ1v) is 7.35. The number of hydrogen-bond acceptors (Lipinski definition) is 3. The second kappa shape index (κ2) is 7.34. The summed E-state index contributed by atoms with van der Waals surface area (Å²) in [6.07, 6.45) is -0.678. The van der Waals surface area contributed by atoms with Gasteiger partial charge in [-0.15, -0.1) is 0 Å². The van der Waals surface area contributed by atoms with E-state index in [4.69, 9.17) is 23.2 Å². The molecule has 3 nitrogen and oxygen atoms in total. The third-order valence-electron chi connectivity index (χ3n) is 2.12. The molecule has 0 aliphatic heterocycles. The van der Waals surface area contributed by atoms with Crippen molar-refractivity contribution >= 4 is 34.0 Å². The fraction of sp³-hybridized carbons (Fsp3) is 0.455. The van der Waals surface area contributed by atoms with Gasteiger partial charge in [0.2, 0.25) is 0 Å². The van der Waals surface area contributed by atoms with Crippen LogP contribution in [0.3, 0.4) is 0 Å². The van der Waals surface area contributed by atoms with Crippen molar-refractivity contribution in [3.05, 3.63) is 28.2 Å². The average molecular weight is 296 g/mol. The van der Waals surface area contributed by atoms with E-state index in [0.717, 1.165) is 6.54 Å². The quantitative estimate of drug-likeness (QED) is 0.845. The Kier molecular flexibility index (Phi) is 6.44. The Morgan fingerprint density at radius 2 is 2.00 bits per heavy atom. The Morgan fingerprint density at radius 3 is 2.53 bits per heavy atom. The van der Waals surface area contributed by atoms with E-state index in [0.29, 0.717) is 21.5 Å². The molecule has 0 saturated carbocycles. The first-order chi connectivity index (χ1) is 8.06. The molecule has 0 aliphatic rings. The van der Waals surface area contributed by atoms with Crippen molar-refractivity contribution in [2.45, 2.75) is 17.9 Å². The number of aliphatic hydroxyl groups is 1. The predicted molar refractivity (Wildman–Crippen MR) is 72.3 cm³/mol. The largest absolute Gasteiger partial charge is 0.391 e. The molecule has 2 unspecified atom stereocenters. The van der Waals surface area contributed by atoms with Crippen LogP contribution in [0.4, 0.5) is 0 Å². The minimum absolute atomic E-state index is 0.121. The Hall–Kier alpha value is -0.130. The van der Waals surface area contributed by atoms with E-state index >= 15 is 0 Å². The lowest BCUT2D eigenvalue weighted by Gasteiger charge is -2.12. The van der Waals surface area contributed by atoms with Crippen LogP contribution in [0.15, 0.2) is 23.1 Å². The summed E-state index contributed by atoms with van der Waals surface area (Å²) >= 11 is 11.9. The molecule has 2 atom stereocenters. The van der Waals surface area contributed by atoms with Crippen molar-refractivity contribution in [1.82, 2.24) is 5.32 Å². The molecule has 0 amide bonds. The van der Waals surface area contributed by atoms with E-state index in [2.05, 4.69) is 5.32 Å². The Bertz CT molecular complexity index is 381. The first kappa shape index (κ1) is 14.9. The molecule has 0 radical (unpaired) electrons. The molecule has 1 rings (SSSR count). The Morgan fingerprint density at radius 1 is 1.41 bits per heavy atom. The number of likely N-dealkylation sites (N-methyl/N-ethyl adjacent to an activating group) is 1. The van der Waals surface area contributed by atoms with Gasteiger partial charge in [-0.3, -0.25) is 4.21 Å². The zero-order valence-corrected chi connectivity index (χ0v) is 11.8. The monoisotopic (exact) mass is 295 g/mol. The standard InChI is InChI=1S/C11H15Cl2NO2S/c1-2-14-6-8(15)7-17(16)11-9(12)4-3-5-10(11)13/h3-5,8,14-15H,2,6-7H2,1H3. The molecule has 0 heterocycles. The van der Waals surface area contributed by atoms with E-state index in [-0.39, 0.29) is 5.75 Å². The molecule has 0 fully saturated rings. The predicted octanol–water partition coefficient (Wildman–Crippen LogP) is 2.07. The summed E-state index contributed by atoms with van der Waals surface area (Å²) in [6, 6.07) is 4.97. The highest BCUT2D eigenvalue weighted by Crippen LogP contribution is 2.27. The van der Waals surface area contributed by atoms with Crippen LogP contribution >= 0.6 is 23.2 Å². The molecule has 0 aromatic heterocycles. The molecular formula is C11H15Cl2NO2S. The smallest absolute Gasteiger partial charge is 0.0783 e. The maximum atomic E-state index is 12.0. The van der Waals surface area contributed by atoms with Gasteiger partial charge in [0.15, 0.2) is 0 Å². The zero-order valence-electron chi connectivity index (χ0n) is 9.45. The summed E-state index contributed by atoms with van der Waals surface area (Å²) in [4.78, 5) is 0.395. The molecule has 2 N–H and O–H groups in total. The maximum Gasteiger partial charge on any atom is 0.0783 e. The van der Waals surface area contributed by atoms with Gasteiger partial charge in [-0.2, -0.15) is 0 Å². The molecule has 1 aromatic carbocycles. The van der Waals surface area contributed by atoms with Crippen LogP contribution in [0, 0.1) is 0 Å². The lowest BCUT2D eigenvalue weighted by atomic mass is 10.4. The number of hydrogen-bond donors (Lipinski definition) is 2. The maximum absolute atomic E-state index is 12.0. The van der Waals surface area contributed by atoms with Crippen LogP contribution in [0.25, 0.3) is 0 Å². The second-order valence-electron chi connectivity index (χ2n) is 3.52. The van der Waals surface area contributed by atoms with Crippen LogP contribution in [0.1, 0.15) is 6.92 Å².